The number of aromatic amines is 1. The van der Waals surface area contributed by atoms with Gasteiger partial charge in [-0.05, 0) is 70.4 Å². The molecule has 6 heteroatoms. The number of H-pyrrole nitrogens is 1. The van der Waals surface area contributed by atoms with E-state index in [4.69, 9.17) is 4.74 Å². The van der Waals surface area contributed by atoms with E-state index >= 15 is 0 Å². The molecule has 0 radical (unpaired) electrons. The maximum Gasteiger partial charge on any atom is 0.133 e. The lowest BCUT2D eigenvalue weighted by Crippen LogP contribution is -2.23. The summed E-state index contributed by atoms with van der Waals surface area (Å²) < 4.78 is 7.13. The van der Waals surface area contributed by atoms with Crippen LogP contribution in [0.15, 0.2) is 51.5 Å². The lowest BCUT2D eigenvalue weighted by molar-refractivity contribution is 0.175. The Morgan fingerprint density at radius 2 is 2.04 bits per heavy atom. The standard InChI is InChI=1S/C19H20Br2N2O2/c1-25-19-5-2-12(8-16(19)21)18(24)11-22-7-6-13-10-23-17-4-3-14(20)9-15(13)17/h2-5,8-10,18,22-24H,6-7,11H2,1H3/t18-/m1/s1. The molecule has 3 rings (SSSR count). The molecule has 0 fully saturated rings. The van der Waals surface area contributed by atoms with Gasteiger partial charge >= 0.3 is 0 Å². The number of halogens is 2. The minimum atomic E-state index is -0.556. The molecule has 0 saturated heterocycles. The highest BCUT2D eigenvalue weighted by atomic mass is 79.9. The molecule has 0 aliphatic rings. The zero-order valence-corrected chi connectivity index (χ0v) is 17.0. The second-order valence-corrected chi connectivity index (χ2v) is 7.64. The number of aliphatic hydroxyl groups is 1. The van der Waals surface area contributed by atoms with Crippen molar-refractivity contribution in [2.45, 2.75) is 12.5 Å². The Kier molecular flexibility index (Phi) is 6.17. The summed E-state index contributed by atoms with van der Waals surface area (Å²) in [6.07, 6.45) is 2.39. The predicted molar refractivity (Wildman–Crippen MR) is 108 cm³/mol. The number of fused-ring (bicyclic) bond motifs is 1. The Labute approximate surface area is 163 Å². The van der Waals surface area contributed by atoms with E-state index < -0.39 is 6.10 Å². The predicted octanol–water partition coefficient (Wildman–Crippen LogP) is 4.57. The normalized spacial score (nSPS) is 12.5. The molecule has 3 aromatic rings. The molecule has 0 aliphatic heterocycles. The number of hydrogen-bond donors (Lipinski definition) is 3. The molecule has 1 heterocycles. The van der Waals surface area contributed by atoms with Crippen LogP contribution in [0.2, 0.25) is 0 Å². The Bertz CT molecular complexity index is 864. The highest BCUT2D eigenvalue weighted by Crippen LogP contribution is 2.28. The van der Waals surface area contributed by atoms with Crippen LogP contribution in [-0.4, -0.2) is 30.3 Å². The third-order valence-electron chi connectivity index (χ3n) is 4.20. The highest BCUT2D eigenvalue weighted by molar-refractivity contribution is 9.10. The van der Waals surface area contributed by atoms with Gasteiger partial charge in [0.2, 0.25) is 0 Å². The summed E-state index contributed by atoms with van der Waals surface area (Å²) in [7, 11) is 1.63. The van der Waals surface area contributed by atoms with Crippen LogP contribution in [0.4, 0.5) is 0 Å². The SMILES string of the molecule is COc1ccc([C@H](O)CNCCc2c[nH]c3ccc(Br)cc23)cc1Br. The second kappa shape index (κ2) is 8.36. The minimum absolute atomic E-state index is 0.505. The van der Waals surface area contributed by atoms with Crippen LogP contribution >= 0.6 is 31.9 Å². The molecule has 132 valence electrons. The number of nitrogens with one attached hydrogen (secondary N) is 2. The molecule has 25 heavy (non-hydrogen) atoms. The van der Waals surface area contributed by atoms with Gasteiger partial charge in [0.05, 0.1) is 17.7 Å². The molecule has 0 amide bonds. The smallest absolute Gasteiger partial charge is 0.133 e. The van der Waals surface area contributed by atoms with Gasteiger partial charge in [-0.15, -0.1) is 0 Å². The number of rotatable bonds is 7. The van der Waals surface area contributed by atoms with Gasteiger partial charge in [-0.25, -0.2) is 0 Å². The van der Waals surface area contributed by atoms with Crippen LogP contribution in [0, 0.1) is 0 Å². The first-order valence-corrected chi connectivity index (χ1v) is 9.65. The van der Waals surface area contributed by atoms with Crippen molar-refractivity contribution in [3.63, 3.8) is 0 Å². The van der Waals surface area contributed by atoms with Gasteiger partial charge in [-0.1, -0.05) is 22.0 Å². The van der Waals surface area contributed by atoms with E-state index in [0.29, 0.717) is 6.54 Å². The molecule has 0 aliphatic carbocycles. The third-order valence-corrected chi connectivity index (χ3v) is 5.31. The monoisotopic (exact) mass is 466 g/mol. The van der Waals surface area contributed by atoms with Gasteiger partial charge < -0.3 is 20.1 Å². The average Bonchev–Trinajstić information content (AvgIpc) is 3.00. The molecule has 0 bridgehead atoms. The Balaban J connectivity index is 1.54. The van der Waals surface area contributed by atoms with Crippen molar-refractivity contribution < 1.29 is 9.84 Å². The van der Waals surface area contributed by atoms with Gasteiger partial charge in [0.15, 0.2) is 0 Å². The average molecular weight is 468 g/mol. The van der Waals surface area contributed by atoms with E-state index in [1.807, 2.05) is 24.3 Å². The molecule has 1 atom stereocenters. The lowest BCUT2D eigenvalue weighted by atomic mass is 10.1. The summed E-state index contributed by atoms with van der Waals surface area (Å²) in [5.41, 5.74) is 3.27. The van der Waals surface area contributed by atoms with Crippen molar-refractivity contribution in [2.24, 2.45) is 0 Å². The van der Waals surface area contributed by atoms with Crippen LogP contribution < -0.4 is 10.1 Å². The van der Waals surface area contributed by atoms with E-state index in [1.165, 1.54) is 10.9 Å². The fraction of sp³-hybridized carbons (Fsp3) is 0.263. The zero-order chi connectivity index (χ0) is 17.8. The van der Waals surface area contributed by atoms with Crippen LogP contribution in [0.5, 0.6) is 5.75 Å². The van der Waals surface area contributed by atoms with Crippen molar-refractivity contribution in [3.8, 4) is 5.75 Å². The summed E-state index contributed by atoms with van der Waals surface area (Å²) in [4.78, 5) is 3.29. The number of hydrogen-bond acceptors (Lipinski definition) is 3. The van der Waals surface area contributed by atoms with Crippen molar-refractivity contribution >= 4 is 42.8 Å². The molecule has 0 unspecified atom stereocenters. The fourth-order valence-electron chi connectivity index (χ4n) is 2.83. The summed E-state index contributed by atoms with van der Waals surface area (Å²) in [6.45, 7) is 1.30. The zero-order valence-electron chi connectivity index (χ0n) is 13.9. The van der Waals surface area contributed by atoms with Crippen molar-refractivity contribution in [1.29, 1.82) is 0 Å². The van der Waals surface area contributed by atoms with Gasteiger partial charge in [0.1, 0.15) is 5.75 Å². The minimum Gasteiger partial charge on any atom is -0.496 e. The first-order valence-electron chi connectivity index (χ1n) is 8.06. The number of aromatic nitrogens is 1. The van der Waals surface area contributed by atoms with Crippen molar-refractivity contribution in [1.82, 2.24) is 10.3 Å². The number of aliphatic hydroxyl groups excluding tert-OH is 1. The Morgan fingerprint density at radius 3 is 2.80 bits per heavy atom. The Hall–Kier alpha value is -1.34. The first kappa shape index (κ1) is 18.5. The van der Waals surface area contributed by atoms with E-state index in [2.05, 4.69) is 60.5 Å². The quantitative estimate of drug-likeness (QED) is 0.446. The van der Waals surface area contributed by atoms with E-state index in [0.717, 1.165) is 38.7 Å². The van der Waals surface area contributed by atoms with Crippen LogP contribution in [0.25, 0.3) is 10.9 Å². The van der Waals surface area contributed by atoms with Crippen LogP contribution in [-0.2, 0) is 6.42 Å². The molecular formula is C19H20Br2N2O2. The molecule has 0 spiro atoms. The van der Waals surface area contributed by atoms with Gasteiger partial charge in [-0.3, -0.25) is 0 Å². The number of benzene rings is 2. The van der Waals surface area contributed by atoms with Crippen LogP contribution in [0.1, 0.15) is 17.2 Å². The van der Waals surface area contributed by atoms with Crippen molar-refractivity contribution in [3.05, 3.63) is 62.7 Å². The number of methoxy groups -OCH3 is 1. The van der Waals surface area contributed by atoms with E-state index in [9.17, 15) is 5.11 Å². The summed E-state index contributed by atoms with van der Waals surface area (Å²) in [5, 5.41) is 14.9. The van der Waals surface area contributed by atoms with Crippen molar-refractivity contribution in [2.75, 3.05) is 20.2 Å². The van der Waals surface area contributed by atoms with E-state index in [1.54, 1.807) is 7.11 Å². The summed E-state index contributed by atoms with van der Waals surface area (Å²) in [5.74, 6) is 0.759. The topological polar surface area (TPSA) is 57.3 Å². The van der Waals surface area contributed by atoms with Gasteiger partial charge in [0, 0.05) is 28.1 Å². The molecule has 0 saturated carbocycles. The molecule has 3 N–H and O–H groups in total. The van der Waals surface area contributed by atoms with Gasteiger partial charge in [0.25, 0.3) is 0 Å². The highest BCUT2D eigenvalue weighted by Gasteiger charge is 2.10. The van der Waals surface area contributed by atoms with Crippen LogP contribution in [0.3, 0.4) is 0 Å². The Morgan fingerprint density at radius 1 is 1.20 bits per heavy atom. The molecule has 2 aromatic carbocycles. The largest absolute Gasteiger partial charge is 0.496 e. The fourth-order valence-corrected chi connectivity index (χ4v) is 3.75. The second-order valence-electron chi connectivity index (χ2n) is 5.87. The third kappa shape index (κ3) is 4.44. The molecule has 1 aromatic heterocycles. The van der Waals surface area contributed by atoms with Gasteiger partial charge in [-0.2, -0.15) is 0 Å². The maximum atomic E-state index is 10.3. The molecular weight excluding hydrogens is 448 g/mol. The first-order chi connectivity index (χ1) is 12.1. The van der Waals surface area contributed by atoms with E-state index in [-0.39, 0.29) is 0 Å². The molecule has 4 nitrogen and oxygen atoms in total. The lowest BCUT2D eigenvalue weighted by Gasteiger charge is -2.13. The summed E-state index contributed by atoms with van der Waals surface area (Å²) in [6, 6.07) is 11.9. The number of ether oxygens (including phenoxy) is 1. The summed E-state index contributed by atoms with van der Waals surface area (Å²) >= 11 is 6.97. The maximum absolute atomic E-state index is 10.3.